The molecule has 1 aromatic rings. The van der Waals surface area contributed by atoms with E-state index in [9.17, 15) is 5.11 Å². The molecule has 1 heterocycles. The van der Waals surface area contributed by atoms with E-state index in [0.29, 0.717) is 13.1 Å². The molecule has 3 heteroatoms. The molecular formula is C13H21NO2. The number of nitrogens with one attached hydrogen (secondary N) is 1. The highest BCUT2D eigenvalue weighted by atomic mass is 16.3. The Morgan fingerprint density at radius 2 is 2.06 bits per heavy atom. The lowest BCUT2D eigenvalue weighted by Gasteiger charge is -2.32. The lowest BCUT2D eigenvalue weighted by atomic mass is 9.85. The Hall–Kier alpha value is -0.800. The third-order valence-corrected chi connectivity index (χ3v) is 3.33. The van der Waals surface area contributed by atoms with E-state index in [1.807, 2.05) is 19.1 Å². The summed E-state index contributed by atoms with van der Waals surface area (Å²) in [5, 5.41) is 13.5. The second-order valence-corrected chi connectivity index (χ2v) is 4.90. The molecule has 1 saturated carbocycles. The molecule has 1 aliphatic rings. The van der Waals surface area contributed by atoms with Gasteiger partial charge in [0.2, 0.25) is 0 Å². The van der Waals surface area contributed by atoms with E-state index in [1.54, 1.807) is 0 Å². The molecule has 0 bridgehead atoms. The Bertz CT molecular complexity index is 326. The minimum Gasteiger partial charge on any atom is -0.465 e. The van der Waals surface area contributed by atoms with Crippen LogP contribution >= 0.6 is 0 Å². The summed E-state index contributed by atoms with van der Waals surface area (Å²) in [5.41, 5.74) is -0.486. The Morgan fingerprint density at radius 3 is 2.69 bits per heavy atom. The smallest absolute Gasteiger partial charge is 0.117 e. The topological polar surface area (TPSA) is 45.4 Å². The summed E-state index contributed by atoms with van der Waals surface area (Å²) < 4.78 is 5.46. The number of aliphatic hydroxyl groups is 1. The third-order valence-electron chi connectivity index (χ3n) is 3.33. The maximum Gasteiger partial charge on any atom is 0.117 e. The van der Waals surface area contributed by atoms with Crippen molar-refractivity contribution in [2.45, 2.75) is 51.2 Å². The van der Waals surface area contributed by atoms with Crippen LogP contribution in [0.4, 0.5) is 0 Å². The van der Waals surface area contributed by atoms with Gasteiger partial charge in [-0.1, -0.05) is 19.3 Å². The normalized spacial score (nSPS) is 19.9. The molecule has 1 aromatic heterocycles. The fourth-order valence-corrected chi connectivity index (χ4v) is 2.39. The predicted octanol–water partition coefficient (Wildman–Crippen LogP) is 2.37. The second kappa shape index (κ2) is 5.02. The molecule has 0 aliphatic heterocycles. The molecule has 2 N–H and O–H groups in total. The Balaban J connectivity index is 1.74. The van der Waals surface area contributed by atoms with E-state index >= 15 is 0 Å². The van der Waals surface area contributed by atoms with Crippen molar-refractivity contribution in [3.63, 3.8) is 0 Å². The Labute approximate surface area is 96.8 Å². The van der Waals surface area contributed by atoms with Gasteiger partial charge in [-0.15, -0.1) is 0 Å². The lowest BCUT2D eigenvalue weighted by molar-refractivity contribution is 0.00438. The Kier molecular flexibility index (Phi) is 3.66. The van der Waals surface area contributed by atoms with Crippen LogP contribution in [-0.4, -0.2) is 17.3 Å². The van der Waals surface area contributed by atoms with Gasteiger partial charge in [0.15, 0.2) is 0 Å². The highest BCUT2D eigenvalue weighted by molar-refractivity contribution is 5.05. The molecular weight excluding hydrogens is 202 g/mol. The zero-order valence-corrected chi connectivity index (χ0v) is 9.96. The molecule has 0 radical (unpaired) electrons. The average Bonchev–Trinajstić information content (AvgIpc) is 2.65. The summed E-state index contributed by atoms with van der Waals surface area (Å²) in [7, 11) is 0. The van der Waals surface area contributed by atoms with E-state index in [-0.39, 0.29) is 0 Å². The van der Waals surface area contributed by atoms with Crippen molar-refractivity contribution in [1.82, 2.24) is 5.32 Å². The summed E-state index contributed by atoms with van der Waals surface area (Å²) in [6.45, 7) is 3.32. The van der Waals surface area contributed by atoms with Gasteiger partial charge in [-0.25, -0.2) is 0 Å². The molecule has 0 saturated heterocycles. The maximum absolute atomic E-state index is 10.3. The zero-order valence-electron chi connectivity index (χ0n) is 9.96. The van der Waals surface area contributed by atoms with Gasteiger partial charge in [-0.3, -0.25) is 0 Å². The first-order valence-corrected chi connectivity index (χ1v) is 6.16. The second-order valence-electron chi connectivity index (χ2n) is 4.90. The van der Waals surface area contributed by atoms with Crippen molar-refractivity contribution < 1.29 is 9.52 Å². The molecule has 0 amide bonds. The van der Waals surface area contributed by atoms with Crippen LogP contribution in [0.5, 0.6) is 0 Å². The number of furan rings is 1. The first-order chi connectivity index (χ1) is 7.68. The van der Waals surface area contributed by atoms with Crippen LogP contribution in [0, 0.1) is 6.92 Å². The van der Waals surface area contributed by atoms with E-state index in [2.05, 4.69) is 5.32 Å². The fourth-order valence-electron chi connectivity index (χ4n) is 2.39. The van der Waals surface area contributed by atoms with Crippen LogP contribution in [0.2, 0.25) is 0 Å². The van der Waals surface area contributed by atoms with Crippen LogP contribution < -0.4 is 5.32 Å². The van der Waals surface area contributed by atoms with Crippen molar-refractivity contribution in [3.05, 3.63) is 23.7 Å². The average molecular weight is 223 g/mol. The summed E-state index contributed by atoms with van der Waals surface area (Å²) in [4.78, 5) is 0. The molecule has 0 aromatic carbocycles. The van der Waals surface area contributed by atoms with Gasteiger partial charge >= 0.3 is 0 Å². The molecule has 90 valence electrons. The monoisotopic (exact) mass is 223 g/mol. The SMILES string of the molecule is Cc1ccc(CNCC2(O)CCCCC2)o1. The Morgan fingerprint density at radius 1 is 1.31 bits per heavy atom. The minimum absolute atomic E-state index is 0.486. The molecule has 1 fully saturated rings. The van der Waals surface area contributed by atoms with Gasteiger partial charge in [0, 0.05) is 6.54 Å². The van der Waals surface area contributed by atoms with E-state index in [0.717, 1.165) is 37.2 Å². The third kappa shape index (κ3) is 3.09. The molecule has 3 nitrogen and oxygen atoms in total. The molecule has 0 spiro atoms. The zero-order chi connectivity index (χ0) is 11.4. The van der Waals surface area contributed by atoms with Gasteiger partial charge < -0.3 is 14.8 Å². The number of hydrogen-bond acceptors (Lipinski definition) is 3. The largest absolute Gasteiger partial charge is 0.465 e. The summed E-state index contributed by atoms with van der Waals surface area (Å²) in [5.74, 6) is 1.88. The van der Waals surface area contributed by atoms with Crippen LogP contribution in [-0.2, 0) is 6.54 Å². The molecule has 1 aliphatic carbocycles. The van der Waals surface area contributed by atoms with Crippen molar-refractivity contribution in [2.24, 2.45) is 0 Å². The number of aryl methyl sites for hydroxylation is 1. The van der Waals surface area contributed by atoms with Gasteiger partial charge in [-0.2, -0.15) is 0 Å². The van der Waals surface area contributed by atoms with Crippen LogP contribution in [0.1, 0.15) is 43.6 Å². The molecule has 0 unspecified atom stereocenters. The quantitative estimate of drug-likeness (QED) is 0.823. The minimum atomic E-state index is -0.486. The van der Waals surface area contributed by atoms with Crippen molar-refractivity contribution in [1.29, 1.82) is 0 Å². The highest BCUT2D eigenvalue weighted by Gasteiger charge is 2.28. The van der Waals surface area contributed by atoms with Gasteiger partial charge in [0.1, 0.15) is 11.5 Å². The number of hydrogen-bond donors (Lipinski definition) is 2. The van der Waals surface area contributed by atoms with Crippen LogP contribution in [0.25, 0.3) is 0 Å². The van der Waals surface area contributed by atoms with Crippen LogP contribution in [0.15, 0.2) is 16.5 Å². The van der Waals surface area contributed by atoms with Crippen molar-refractivity contribution in [2.75, 3.05) is 6.54 Å². The number of rotatable bonds is 4. The fraction of sp³-hybridized carbons (Fsp3) is 0.692. The molecule has 0 atom stereocenters. The molecule has 2 rings (SSSR count). The first-order valence-electron chi connectivity index (χ1n) is 6.16. The molecule has 16 heavy (non-hydrogen) atoms. The first kappa shape index (κ1) is 11.7. The van der Waals surface area contributed by atoms with Gasteiger partial charge in [-0.05, 0) is 31.9 Å². The van der Waals surface area contributed by atoms with E-state index < -0.39 is 5.60 Å². The van der Waals surface area contributed by atoms with Crippen molar-refractivity contribution >= 4 is 0 Å². The van der Waals surface area contributed by atoms with Gasteiger partial charge in [0.05, 0.1) is 12.1 Å². The predicted molar refractivity (Wildman–Crippen MR) is 63.2 cm³/mol. The highest BCUT2D eigenvalue weighted by Crippen LogP contribution is 2.27. The standard InChI is InChI=1S/C13H21NO2/c1-11-5-6-12(16-11)9-14-10-13(15)7-3-2-4-8-13/h5-6,14-15H,2-4,7-10H2,1H3. The summed E-state index contributed by atoms with van der Waals surface area (Å²) in [6.07, 6.45) is 5.42. The lowest BCUT2D eigenvalue weighted by Crippen LogP contribution is -2.41. The van der Waals surface area contributed by atoms with E-state index in [4.69, 9.17) is 4.42 Å². The maximum atomic E-state index is 10.3. The van der Waals surface area contributed by atoms with Crippen molar-refractivity contribution in [3.8, 4) is 0 Å². The van der Waals surface area contributed by atoms with Gasteiger partial charge in [0.25, 0.3) is 0 Å². The summed E-state index contributed by atoms with van der Waals surface area (Å²) in [6, 6.07) is 3.94. The summed E-state index contributed by atoms with van der Waals surface area (Å²) >= 11 is 0. The van der Waals surface area contributed by atoms with E-state index in [1.165, 1.54) is 6.42 Å². The van der Waals surface area contributed by atoms with Crippen LogP contribution in [0.3, 0.4) is 0 Å².